The predicted molar refractivity (Wildman–Crippen MR) is 103 cm³/mol. The van der Waals surface area contributed by atoms with E-state index in [-0.39, 0.29) is 22.6 Å². The monoisotopic (exact) mass is 418 g/mol. The highest BCUT2D eigenvalue weighted by molar-refractivity contribution is 6.26. The quantitative estimate of drug-likeness (QED) is 0.344. The number of carboxylic acids is 2. The van der Waals surface area contributed by atoms with Crippen molar-refractivity contribution in [2.24, 2.45) is 0 Å². The first kappa shape index (κ1) is 22.6. The molecule has 3 N–H and O–H groups in total. The largest absolute Gasteiger partial charge is 0.479 e. The molecule has 2 rings (SSSR count). The van der Waals surface area contributed by atoms with Gasteiger partial charge < -0.3 is 20.3 Å². The summed E-state index contributed by atoms with van der Waals surface area (Å²) in [7, 11) is 0. The van der Waals surface area contributed by atoms with Gasteiger partial charge >= 0.3 is 18.0 Å². The molecule has 0 saturated carbocycles. The SMILES string of the molecule is CC(C)(C)OC(=O)NC/C=C/CC(C(=O)O)(C(=O)O)N1C(=O)c2ccccc2C1=O. The molecule has 160 valence electrons. The van der Waals surface area contributed by atoms with E-state index in [1.807, 2.05) is 0 Å². The molecule has 0 atom stereocenters. The molecule has 3 amide bonds. The second-order valence-electron chi connectivity index (χ2n) is 7.52. The molecule has 1 heterocycles. The molecule has 10 nitrogen and oxygen atoms in total. The molecule has 0 fully saturated rings. The Kier molecular flexibility index (Phi) is 6.29. The van der Waals surface area contributed by atoms with Crippen molar-refractivity contribution >= 4 is 29.8 Å². The second-order valence-corrected chi connectivity index (χ2v) is 7.52. The van der Waals surface area contributed by atoms with Crippen molar-refractivity contribution < 1.29 is 38.9 Å². The van der Waals surface area contributed by atoms with E-state index >= 15 is 0 Å². The Balaban J connectivity index is 2.22. The van der Waals surface area contributed by atoms with Crippen molar-refractivity contribution in [1.29, 1.82) is 0 Å². The Morgan fingerprint density at radius 1 is 1.00 bits per heavy atom. The average molecular weight is 418 g/mol. The van der Waals surface area contributed by atoms with E-state index in [2.05, 4.69) is 5.32 Å². The van der Waals surface area contributed by atoms with E-state index in [4.69, 9.17) is 4.74 Å². The number of hydrogen-bond acceptors (Lipinski definition) is 6. The van der Waals surface area contributed by atoms with Gasteiger partial charge in [-0.2, -0.15) is 0 Å². The number of carbonyl (C=O) groups is 5. The van der Waals surface area contributed by atoms with Crippen molar-refractivity contribution in [3.8, 4) is 0 Å². The minimum Gasteiger partial charge on any atom is -0.479 e. The number of alkyl carbamates (subject to hydrolysis) is 1. The molecule has 1 aliphatic heterocycles. The molecule has 30 heavy (non-hydrogen) atoms. The summed E-state index contributed by atoms with van der Waals surface area (Å²) in [6.45, 7) is 4.96. The number of aliphatic carboxylic acids is 2. The lowest BCUT2D eigenvalue weighted by atomic mass is 9.92. The highest BCUT2D eigenvalue weighted by Gasteiger charge is 2.58. The Morgan fingerprint density at radius 3 is 1.93 bits per heavy atom. The van der Waals surface area contributed by atoms with Gasteiger partial charge in [-0.05, 0) is 32.9 Å². The molecule has 0 bridgehead atoms. The summed E-state index contributed by atoms with van der Waals surface area (Å²) in [6, 6.07) is 5.62. The van der Waals surface area contributed by atoms with E-state index in [1.165, 1.54) is 36.4 Å². The van der Waals surface area contributed by atoms with Crippen LogP contribution in [0.15, 0.2) is 36.4 Å². The lowest BCUT2D eigenvalue weighted by Gasteiger charge is -2.31. The second kappa shape index (κ2) is 8.36. The summed E-state index contributed by atoms with van der Waals surface area (Å²) in [4.78, 5) is 61.1. The van der Waals surface area contributed by atoms with E-state index in [0.29, 0.717) is 0 Å². The van der Waals surface area contributed by atoms with Gasteiger partial charge in [0.05, 0.1) is 11.1 Å². The first-order chi connectivity index (χ1) is 13.9. The van der Waals surface area contributed by atoms with E-state index in [9.17, 15) is 34.2 Å². The van der Waals surface area contributed by atoms with Gasteiger partial charge in [0, 0.05) is 13.0 Å². The van der Waals surface area contributed by atoms with E-state index in [1.54, 1.807) is 20.8 Å². The normalized spacial score (nSPS) is 14.0. The minimum atomic E-state index is -2.84. The summed E-state index contributed by atoms with van der Waals surface area (Å²) in [5, 5.41) is 21.8. The van der Waals surface area contributed by atoms with Gasteiger partial charge in [0.15, 0.2) is 0 Å². The molecule has 0 aliphatic carbocycles. The lowest BCUT2D eigenvalue weighted by molar-refractivity contribution is -0.163. The van der Waals surface area contributed by atoms with Gasteiger partial charge in [0.25, 0.3) is 11.8 Å². The van der Waals surface area contributed by atoms with Gasteiger partial charge in [-0.1, -0.05) is 24.3 Å². The zero-order chi connectivity index (χ0) is 22.7. The summed E-state index contributed by atoms with van der Waals surface area (Å²) < 4.78 is 5.04. The van der Waals surface area contributed by atoms with Gasteiger partial charge in [-0.15, -0.1) is 0 Å². The number of fused-ring (bicyclic) bond motifs is 1. The lowest BCUT2D eigenvalue weighted by Crippen LogP contribution is -2.62. The van der Waals surface area contributed by atoms with Crippen molar-refractivity contribution in [3.05, 3.63) is 47.5 Å². The van der Waals surface area contributed by atoms with Crippen LogP contribution < -0.4 is 5.32 Å². The third-order valence-electron chi connectivity index (χ3n) is 4.23. The first-order valence-corrected chi connectivity index (χ1v) is 8.98. The molecule has 1 aromatic carbocycles. The maximum absolute atomic E-state index is 12.7. The Labute approximate surface area is 172 Å². The van der Waals surface area contributed by atoms with Crippen LogP contribution in [0.25, 0.3) is 0 Å². The molecule has 1 aliphatic rings. The number of carboxylic acid groups (broad SMARTS) is 2. The minimum absolute atomic E-state index is 0.0649. The number of imide groups is 1. The molecule has 0 aromatic heterocycles. The van der Waals surface area contributed by atoms with Crippen LogP contribution in [0.3, 0.4) is 0 Å². The summed E-state index contributed by atoms with van der Waals surface area (Å²) in [5.41, 5.74) is -3.67. The number of hydrogen-bond donors (Lipinski definition) is 3. The number of benzene rings is 1. The van der Waals surface area contributed by atoms with Crippen molar-refractivity contribution in [2.75, 3.05) is 6.54 Å². The summed E-state index contributed by atoms with van der Waals surface area (Å²) in [6.07, 6.45) is 1.07. The van der Waals surface area contributed by atoms with Crippen LogP contribution in [0.4, 0.5) is 4.79 Å². The van der Waals surface area contributed by atoms with Crippen LogP contribution in [0, 0.1) is 0 Å². The van der Waals surface area contributed by atoms with Gasteiger partial charge in [0.2, 0.25) is 5.54 Å². The van der Waals surface area contributed by atoms with E-state index in [0.717, 1.165) is 0 Å². The van der Waals surface area contributed by atoms with Crippen LogP contribution in [0.5, 0.6) is 0 Å². The Bertz CT molecular complexity index is 880. The standard InChI is InChI=1S/C20H22N2O8/c1-19(2,3)30-18(29)21-11-7-6-10-20(16(25)26,17(27)28)22-14(23)12-8-4-5-9-13(12)15(22)24/h4-9H,10-11H2,1-3H3,(H,21,29)(H,25,26)(H,27,28)/b7-6+. The molecule has 0 spiro atoms. The molecular weight excluding hydrogens is 396 g/mol. The van der Waals surface area contributed by atoms with Crippen molar-refractivity contribution in [3.63, 3.8) is 0 Å². The fraction of sp³-hybridized carbons (Fsp3) is 0.350. The fourth-order valence-electron chi connectivity index (χ4n) is 2.88. The number of amides is 3. The summed E-state index contributed by atoms with van der Waals surface area (Å²) >= 11 is 0. The Morgan fingerprint density at radius 2 is 1.50 bits per heavy atom. The first-order valence-electron chi connectivity index (χ1n) is 8.98. The molecule has 1 aromatic rings. The van der Waals surface area contributed by atoms with Crippen LogP contribution in [0.2, 0.25) is 0 Å². The zero-order valence-corrected chi connectivity index (χ0v) is 16.7. The maximum Gasteiger partial charge on any atom is 0.407 e. The van der Waals surface area contributed by atoms with Gasteiger partial charge in [-0.25, -0.2) is 19.3 Å². The number of nitrogens with zero attached hydrogens (tertiary/aromatic N) is 1. The van der Waals surface area contributed by atoms with Gasteiger partial charge in [-0.3, -0.25) is 9.59 Å². The maximum atomic E-state index is 12.7. The zero-order valence-electron chi connectivity index (χ0n) is 16.7. The van der Waals surface area contributed by atoms with Crippen LogP contribution in [-0.2, 0) is 14.3 Å². The summed E-state index contributed by atoms with van der Waals surface area (Å²) in [5.74, 6) is -5.73. The molecule has 10 heteroatoms. The van der Waals surface area contributed by atoms with Gasteiger partial charge in [0.1, 0.15) is 5.60 Å². The molecule has 0 unspecified atom stereocenters. The third-order valence-corrected chi connectivity index (χ3v) is 4.23. The molecule has 0 saturated heterocycles. The number of carbonyl (C=O) groups excluding carboxylic acids is 3. The fourth-order valence-corrected chi connectivity index (χ4v) is 2.88. The number of rotatable bonds is 7. The van der Waals surface area contributed by atoms with E-state index < -0.39 is 47.4 Å². The predicted octanol–water partition coefficient (Wildman–Crippen LogP) is 1.66. The third kappa shape index (κ3) is 4.32. The Hall–Kier alpha value is -3.69. The number of nitrogens with one attached hydrogen (secondary N) is 1. The molecular formula is C20H22N2O8. The average Bonchev–Trinajstić information content (AvgIpc) is 2.88. The highest BCUT2D eigenvalue weighted by Crippen LogP contribution is 2.32. The smallest absolute Gasteiger partial charge is 0.407 e. The molecule has 0 radical (unpaired) electrons. The van der Waals surface area contributed by atoms with Crippen LogP contribution in [0.1, 0.15) is 47.9 Å². The number of ether oxygens (including phenoxy) is 1. The van der Waals surface area contributed by atoms with Crippen LogP contribution >= 0.6 is 0 Å². The topological polar surface area (TPSA) is 150 Å². The van der Waals surface area contributed by atoms with Crippen molar-refractivity contribution in [1.82, 2.24) is 10.2 Å². The van der Waals surface area contributed by atoms with Crippen molar-refractivity contribution in [2.45, 2.75) is 38.3 Å². The van der Waals surface area contributed by atoms with Crippen LogP contribution in [-0.4, -0.2) is 62.6 Å². The highest BCUT2D eigenvalue weighted by atomic mass is 16.6.